The molecule has 0 radical (unpaired) electrons. The van der Waals surface area contributed by atoms with Crippen LogP contribution in [-0.2, 0) is 0 Å². The lowest BCUT2D eigenvalue weighted by atomic mass is 9.99. The van der Waals surface area contributed by atoms with Gasteiger partial charge in [0.2, 0.25) is 0 Å². The molecule has 1 aliphatic rings. The standard InChI is InChI=1S/C10H19NOS/c1-2-13-10-8-6-4-3-5-7-9(10)11-12/h10,12H,2-8H2,1H3/b11-9-. The Balaban J connectivity index is 2.50. The molecule has 0 amide bonds. The average molecular weight is 201 g/mol. The Hall–Kier alpha value is -0.180. The van der Waals surface area contributed by atoms with E-state index in [2.05, 4.69) is 12.1 Å². The van der Waals surface area contributed by atoms with Crippen LogP contribution >= 0.6 is 11.8 Å². The molecule has 76 valence electrons. The molecule has 0 bridgehead atoms. The van der Waals surface area contributed by atoms with Crippen molar-refractivity contribution in [3.63, 3.8) is 0 Å². The van der Waals surface area contributed by atoms with Crippen molar-refractivity contribution in [1.29, 1.82) is 0 Å². The molecule has 0 saturated heterocycles. The molecule has 1 unspecified atom stereocenters. The lowest BCUT2D eigenvalue weighted by molar-refractivity contribution is 0.315. The van der Waals surface area contributed by atoms with E-state index >= 15 is 0 Å². The van der Waals surface area contributed by atoms with Gasteiger partial charge in [0.05, 0.1) is 5.71 Å². The fourth-order valence-electron chi connectivity index (χ4n) is 1.81. The normalized spacial score (nSPS) is 28.4. The van der Waals surface area contributed by atoms with Crippen molar-refractivity contribution in [2.75, 3.05) is 5.75 Å². The van der Waals surface area contributed by atoms with Crippen molar-refractivity contribution in [2.45, 2.75) is 50.7 Å². The van der Waals surface area contributed by atoms with Gasteiger partial charge in [-0.15, -0.1) is 0 Å². The third-order valence-corrected chi connectivity index (χ3v) is 3.76. The van der Waals surface area contributed by atoms with Crippen molar-refractivity contribution in [3.05, 3.63) is 0 Å². The fourth-order valence-corrected chi connectivity index (χ4v) is 2.91. The maximum absolute atomic E-state index is 8.88. The molecular formula is C10H19NOS. The van der Waals surface area contributed by atoms with Crippen molar-refractivity contribution < 1.29 is 5.21 Å². The summed E-state index contributed by atoms with van der Waals surface area (Å²) in [7, 11) is 0. The summed E-state index contributed by atoms with van der Waals surface area (Å²) in [6.45, 7) is 2.17. The molecule has 3 heteroatoms. The Kier molecular flexibility index (Phi) is 5.28. The van der Waals surface area contributed by atoms with Gasteiger partial charge in [0.15, 0.2) is 0 Å². The number of nitrogens with zero attached hydrogens (tertiary/aromatic N) is 1. The van der Waals surface area contributed by atoms with Gasteiger partial charge in [-0.2, -0.15) is 11.8 Å². The van der Waals surface area contributed by atoms with Gasteiger partial charge in [-0.25, -0.2) is 0 Å². The molecule has 1 atom stereocenters. The highest BCUT2D eigenvalue weighted by molar-refractivity contribution is 8.00. The Morgan fingerprint density at radius 3 is 2.85 bits per heavy atom. The molecule has 13 heavy (non-hydrogen) atoms. The van der Waals surface area contributed by atoms with Crippen LogP contribution in [-0.4, -0.2) is 21.9 Å². The van der Waals surface area contributed by atoms with Crippen molar-refractivity contribution in [2.24, 2.45) is 5.16 Å². The van der Waals surface area contributed by atoms with Crippen LogP contribution in [0, 0.1) is 0 Å². The molecule has 2 nitrogen and oxygen atoms in total. The maximum Gasteiger partial charge on any atom is 0.0700 e. The van der Waals surface area contributed by atoms with Gasteiger partial charge in [-0.05, 0) is 25.0 Å². The van der Waals surface area contributed by atoms with Crippen LogP contribution in [0.1, 0.15) is 45.4 Å². The summed E-state index contributed by atoms with van der Waals surface area (Å²) in [6.07, 6.45) is 7.31. The number of rotatable bonds is 2. The van der Waals surface area contributed by atoms with Crippen LogP contribution in [0.4, 0.5) is 0 Å². The number of oxime groups is 1. The van der Waals surface area contributed by atoms with Gasteiger partial charge < -0.3 is 5.21 Å². The summed E-state index contributed by atoms with van der Waals surface area (Å²) in [6, 6.07) is 0. The third-order valence-electron chi connectivity index (χ3n) is 2.52. The molecule has 1 saturated carbocycles. The highest BCUT2D eigenvalue weighted by atomic mass is 32.2. The number of thioether (sulfide) groups is 1. The molecule has 0 aromatic rings. The molecule has 1 rings (SSSR count). The Labute approximate surface area is 84.8 Å². The van der Waals surface area contributed by atoms with Crippen LogP contribution in [0.25, 0.3) is 0 Å². The molecule has 0 aliphatic heterocycles. The molecule has 1 N–H and O–H groups in total. The van der Waals surface area contributed by atoms with Crippen LogP contribution in [0.2, 0.25) is 0 Å². The van der Waals surface area contributed by atoms with Gasteiger partial charge in [0.1, 0.15) is 0 Å². The van der Waals surface area contributed by atoms with E-state index in [1.54, 1.807) is 0 Å². The monoisotopic (exact) mass is 201 g/mol. The lowest BCUT2D eigenvalue weighted by Crippen LogP contribution is -2.19. The number of hydrogen-bond donors (Lipinski definition) is 1. The first kappa shape index (κ1) is 10.9. The van der Waals surface area contributed by atoms with E-state index in [-0.39, 0.29) is 0 Å². The molecule has 0 aromatic heterocycles. The molecule has 1 aliphatic carbocycles. The molecule has 0 aromatic carbocycles. The topological polar surface area (TPSA) is 32.6 Å². The molecular weight excluding hydrogens is 182 g/mol. The minimum absolute atomic E-state index is 0.482. The first-order chi connectivity index (χ1) is 6.38. The summed E-state index contributed by atoms with van der Waals surface area (Å²) in [5.74, 6) is 1.11. The number of hydrogen-bond acceptors (Lipinski definition) is 3. The highest BCUT2D eigenvalue weighted by Gasteiger charge is 2.17. The van der Waals surface area contributed by atoms with Gasteiger partial charge in [-0.3, -0.25) is 0 Å². The zero-order chi connectivity index (χ0) is 9.52. The summed E-state index contributed by atoms with van der Waals surface area (Å²) >= 11 is 1.92. The van der Waals surface area contributed by atoms with Crippen molar-refractivity contribution in [3.8, 4) is 0 Å². The zero-order valence-electron chi connectivity index (χ0n) is 8.33. The van der Waals surface area contributed by atoms with Crippen LogP contribution < -0.4 is 0 Å². The van der Waals surface area contributed by atoms with E-state index in [0.717, 1.165) is 17.9 Å². The minimum atomic E-state index is 0.482. The van der Waals surface area contributed by atoms with Crippen LogP contribution in [0.3, 0.4) is 0 Å². The third kappa shape index (κ3) is 3.59. The average Bonchev–Trinajstić information content (AvgIpc) is 2.10. The summed E-state index contributed by atoms with van der Waals surface area (Å²) < 4.78 is 0. The van der Waals surface area contributed by atoms with Crippen LogP contribution in [0.15, 0.2) is 5.16 Å². The Bertz CT molecular complexity index is 170. The first-order valence-electron chi connectivity index (χ1n) is 5.21. The van der Waals surface area contributed by atoms with Gasteiger partial charge in [0, 0.05) is 5.25 Å². The first-order valence-corrected chi connectivity index (χ1v) is 6.25. The Morgan fingerprint density at radius 1 is 1.38 bits per heavy atom. The molecule has 1 fully saturated rings. The van der Waals surface area contributed by atoms with Gasteiger partial charge >= 0.3 is 0 Å². The predicted molar refractivity (Wildman–Crippen MR) is 58.8 cm³/mol. The van der Waals surface area contributed by atoms with E-state index in [0.29, 0.717) is 5.25 Å². The van der Waals surface area contributed by atoms with Crippen molar-refractivity contribution >= 4 is 17.5 Å². The second-order valence-corrected chi connectivity index (χ2v) is 4.97. The van der Waals surface area contributed by atoms with E-state index < -0.39 is 0 Å². The Morgan fingerprint density at radius 2 is 2.15 bits per heavy atom. The predicted octanol–water partition coefficient (Wildman–Crippen LogP) is 3.29. The fraction of sp³-hybridized carbons (Fsp3) is 0.900. The largest absolute Gasteiger partial charge is 0.411 e. The van der Waals surface area contributed by atoms with E-state index in [1.165, 1.54) is 32.1 Å². The SMILES string of the molecule is CCSC1CCCCCC/C1=N/O. The van der Waals surface area contributed by atoms with Gasteiger partial charge in [0.25, 0.3) is 0 Å². The molecule has 0 spiro atoms. The summed E-state index contributed by atoms with van der Waals surface area (Å²) in [4.78, 5) is 0. The van der Waals surface area contributed by atoms with E-state index in [4.69, 9.17) is 5.21 Å². The van der Waals surface area contributed by atoms with E-state index in [1.807, 2.05) is 11.8 Å². The zero-order valence-corrected chi connectivity index (χ0v) is 9.15. The second kappa shape index (κ2) is 6.30. The van der Waals surface area contributed by atoms with Crippen molar-refractivity contribution in [1.82, 2.24) is 0 Å². The second-order valence-electron chi connectivity index (χ2n) is 3.49. The highest BCUT2D eigenvalue weighted by Crippen LogP contribution is 2.24. The van der Waals surface area contributed by atoms with E-state index in [9.17, 15) is 0 Å². The lowest BCUT2D eigenvalue weighted by Gasteiger charge is -2.19. The molecule has 0 heterocycles. The summed E-state index contributed by atoms with van der Waals surface area (Å²) in [5.41, 5.74) is 1.02. The minimum Gasteiger partial charge on any atom is -0.411 e. The quantitative estimate of drug-likeness (QED) is 0.549. The van der Waals surface area contributed by atoms with Gasteiger partial charge in [-0.1, -0.05) is 31.3 Å². The summed E-state index contributed by atoms with van der Waals surface area (Å²) in [5, 5.41) is 12.8. The maximum atomic E-state index is 8.88. The van der Waals surface area contributed by atoms with Crippen LogP contribution in [0.5, 0.6) is 0 Å². The smallest absolute Gasteiger partial charge is 0.0700 e.